The summed E-state index contributed by atoms with van der Waals surface area (Å²) in [5.41, 5.74) is 2.00. The number of hydrogen-bond donors (Lipinski definition) is 2. The van der Waals surface area contributed by atoms with E-state index in [1.807, 2.05) is 32.9 Å². The minimum atomic E-state index is -0.524. The lowest BCUT2D eigenvalue weighted by Gasteiger charge is -2.23. The van der Waals surface area contributed by atoms with E-state index >= 15 is 0 Å². The summed E-state index contributed by atoms with van der Waals surface area (Å²) in [6.07, 6.45) is 1.91. The SMILES string of the molecule is C[C@@H](NC(=O)C(C)(C)C)C(=O)N[C@H]1CCc2ccccc21. The fourth-order valence-corrected chi connectivity index (χ4v) is 2.48. The third kappa shape index (κ3) is 3.63. The van der Waals surface area contributed by atoms with E-state index in [2.05, 4.69) is 22.8 Å². The van der Waals surface area contributed by atoms with Crippen molar-refractivity contribution >= 4 is 11.8 Å². The summed E-state index contributed by atoms with van der Waals surface area (Å²) in [5.74, 6) is -0.244. The summed E-state index contributed by atoms with van der Waals surface area (Å²) in [5, 5.41) is 5.80. The fourth-order valence-electron chi connectivity index (χ4n) is 2.48. The van der Waals surface area contributed by atoms with Crippen molar-refractivity contribution < 1.29 is 9.59 Å². The molecule has 0 aromatic heterocycles. The predicted octanol–water partition coefficient (Wildman–Crippen LogP) is 2.34. The maximum Gasteiger partial charge on any atom is 0.242 e. The molecule has 0 bridgehead atoms. The molecule has 0 spiro atoms. The number of nitrogens with one attached hydrogen (secondary N) is 2. The molecule has 2 rings (SSSR count). The Balaban J connectivity index is 1.95. The van der Waals surface area contributed by atoms with Gasteiger partial charge < -0.3 is 10.6 Å². The zero-order valence-electron chi connectivity index (χ0n) is 13.2. The van der Waals surface area contributed by atoms with Crippen molar-refractivity contribution in [2.75, 3.05) is 0 Å². The van der Waals surface area contributed by atoms with Gasteiger partial charge >= 0.3 is 0 Å². The Morgan fingerprint density at radius 2 is 1.90 bits per heavy atom. The number of amides is 2. The molecule has 114 valence electrons. The van der Waals surface area contributed by atoms with Crippen molar-refractivity contribution in [3.63, 3.8) is 0 Å². The topological polar surface area (TPSA) is 58.2 Å². The summed E-state index contributed by atoms with van der Waals surface area (Å²) >= 11 is 0. The van der Waals surface area contributed by atoms with Crippen LogP contribution in [0.3, 0.4) is 0 Å². The highest BCUT2D eigenvalue weighted by atomic mass is 16.2. The minimum absolute atomic E-state index is 0.0580. The van der Waals surface area contributed by atoms with Crippen LogP contribution in [0.5, 0.6) is 0 Å². The Morgan fingerprint density at radius 3 is 2.57 bits per heavy atom. The van der Waals surface area contributed by atoms with Crippen LogP contribution in [0.15, 0.2) is 24.3 Å². The van der Waals surface area contributed by atoms with E-state index in [9.17, 15) is 9.59 Å². The number of rotatable bonds is 3. The van der Waals surface area contributed by atoms with E-state index < -0.39 is 11.5 Å². The van der Waals surface area contributed by atoms with Crippen LogP contribution in [0.2, 0.25) is 0 Å². The average Bonchev–Trinajstić information content (AvgIpc) is 2.81. The van der Waals surface area contributed by atoms with Gasteiger partial charge in [-0.2, -0.15) is 0 Å². The van der Waals surface area contributed by atoms with Gasteiger partial charge in [0, 0.05) is 5.41 Å². The minimum Gasteiger partial charge on any atom is -0.348 e. The van der Waals surface area contributed by atoms with Crippen LogP contribution in [0.1, 0.15) is 51.3 Å². The summed E-state index contributed by atoms with van der Waals surface area (Å²) in [6, 6.07) is 7.72. The van der Waals surface area contributed by atoms with Crippen molar-refractivity contribution in [3.05, 3.63) is 35.4 Å². The van der Waals surface area contributed by atoms with Gasteiger partial charge in [0.05, 0.1) is 6.04 Å². The van der Waals surface area contributed by atoms with Crippen molar-refractivity contribution in [2.45, 2.75) is 52.6 Å². The molecular formula is C17H24N2O2. The zero-order chi connectivity index (χ0) is 15.6. The van der Waals surface area contributed by atoms with E-state index in [1.54, 1.807) is 6.92 Å². The average molecular weight is 288 g/mol. The quantitative estimate of drug-likeness (QED) is 0.897. The van der Waals surface area contributed by atoms with E-state index in [1.165, 1.54) is 11.1 Å². The normalized spacial score (nSPS) is 18.8. The molecule has 0 aliphatic heterocycles. The molecular weight excluding hydrogens is 264 g/mol. The van der Waals surface area contributed by atoms with Crippen LogP contribution in [0, 0.1) is 5.41 Å². The molecule has 0 heterocycles. The highest BCUT2D eigenvalue weighted by molar-refractivity contribution is 5.89. The first kappa shape index (κ1) is 15.5. The molecule has 2 atom stereocenters. The molecule has 21 heavy (non-hydrogen) atoms. The lowest BCUT2D eigenvalue weighted by Crippen LogP contribution is -2.48. The molecule has 0 fully saturated rings. The van der Waals surface area contributed by atoms with Crippen molar-refractivity contribution in [1.29, 1.82) is 0 Å². The van der Waals surface area contributed by atoms with E-state index in [4.69, 9.17) is 0 Å². The number of carbonyl (C=O) groups excluding carboxylic acids is 2. The van der Waals surface area contributed by atoms with Crippen molar-refractivity contribution in [1.82, 2.24) is 10.6 Å². The second-order valence-corrected chi connectivity index (χ2v) is 6.74. The van der Waals surface area contributed by atoms with Gasteiger partial charge in [0.1, 0.15) is 6.04 Å². The van der Waals surface area contributed by atoms with Crippen LogP contribution >= 0.6 is 0 Å². The molecule has 0 saturated carbocycles. The molecule has 1 aromatic rings. The monoisotopic (exact) mass is 288 g/mol. The predicted molar refractivity (Wildman–Crippen MR) is 82.7 cm³/mol. The zero-order valence-corrected chi connectivity index (χ0v) is 13.2. The van der Waals surface area contributed by atoms with Gasteiger partial charge in [-0.15, -0.1) is 0 Å². The summed E-state index contributed by atoms with van der Waals surface area (Å²) < 4.78 is 0. The summed E-state index contributed by atoms with van der Waals surface area (Å²) in [6.45, 7) is 7.22. The Bertz CT molecular complexity index is 546. The van der Waals surface area contributed by atoms with Crippen LogP contribution in [-0.2, 0) is 16.0 Å². The first-order valence-corrected chi connectivity index (χ1v) is 7.48. The molecule has 2 N–H and O–H groups in total. The van der Waals surface area contributed by atoms with E-state index in [0.29, 0.717) is 0 Å². The highest BCUT2D eigenvalue weighted by Crippen LogP contribution is 2.30. The second kappa shape index (κ2) is 5.88. The molecule has 4 nitrogen and oxygen atoms in total. The van der Waals surface area contributed by atoms with Gasteiger partial charge in [-0.05, 0) is 30.9 Å². The maximum atomic E-state index is 12.2. The lowest BCUT2D eigenvalue weighted by atomic mass is 9.95. The number of benzene rings is 1. The molecule has 1 aromatic carbocycles. The van der Waals surface area contributed by atoms with Crippen LogP contribution in [0.25, 0.3) is 0 Å². The van der Waals surface area contributed by atoms with E-state index in [0.717, 1.165) is 12.8 Å². The lowest BCUT2D eigenvalue weighted by molar-refractivity contribution is -0.133. The first-order chi connectivity index (χ1) is 9.79. The molecule has 0 unspecified atom stereocenters. The standard InChI is InChI=1S/C17H24N2O2/c1-11(18-16(21)17(2,3)4)15(20)19-14-10-9-12-7-5-6-8-13(12)14/h5-8,11,14H,9-10H2,1-4H3,(H,18,21)(H,19,20)/t11-,14+/m1/s1. The van der Waals surface area contributed by atoms with Gasteiger partial charge in [0.2, 0.25) is 11.8 Å². The number of carbonyl (C=O) groups is 2. The Hall–Kier alpha value is -1.84. The number of aryl methyl sites for hydroxylation is 1. The Labute approximate surface area is 126 Å². The van der Waals surface area contributed by atoms with Gasteiger partial charge in [-0.3, -0.25) is 9.59 Å². The number of hydrogen-bond acceptors (Lipinski definition) is 2. The summed E-state index contributed by atoms with van der Waals surface area (Å²) in [4.78, 5) is 24.2. The van der Waals surface area contributed by atoms with Gasteiger partial charge in [0.15, 0.2) is 0 Å². The van der Waals surface area contributed by atoms with E-state index in [-0.39, 0.29) is 17.9 Å². The summed E-state index contributed by atoms with van der Waals surface area (Å²) in [7, 11) is 0. The van der Waals surface area contributed by atoms with Crippen molar-refractivity contribution in [3.8, 4) is 0 Å². The van der Waals surface area contributed by atoms with Crippen LogP contribution in [0.4, 0.5) is 0 Å². The third-order valence-corrected chi connectivity index (χ3v) is 3.87. The molecule has 0 saturated heterocycles. The smallest absolute Gasteiger partial charge is 0.242 e. The first-order valence-electron chi connectivity index (χ1n) is 7.48. The molecule has 1 aliphatic carbocycles. The number of fused-ring (bicyclic) bond motifs is 1. The second-order valence-electron chi connectivity index (χ2n) is 6.74. The van der Waals surface area contributed by atoms with Crippen LogP contribution in [-0.4, -0.2) is 17.9 Å². The highest BCUT2D eigenvalue weighted by Gasteiger charge is 2.28. The van der Waals surface area contributed by atoms with Crippen molar-refractivity contribution in [2.24, 2.45) is 5.41 Å². The molecule has 0 radical (unpaired) electrons. The van der Waals surface area contributed by atoms with Gasteiger partial charge in [-0.25, -0.2) is 0 Å². The fraction of sp³-hybridized carbons (Fsp3) is 0.529. The van der Waals surface area contributed by atoms with Crippen LogP contribution < -0.4 is 10.6 Å². The van der Waals surface area contributed by atoms with Gasteiger partial charge in [-0.1, -0.05) is 45.0 Å². The molecule has 2 amide bonds. The van der Waals surface area contributed by atoms with Gasteiger partial charge in [0.25, 0.3) is 0 Å². The Morgan fingerprint density at radius 1 is 1.24 bits per heavy atom. The molecule has 4 heteroatoms. The Kier molecular flexibility index (Phi) is 4.35. The third-order valence-electron chi connectivity index (χ3n) is 3.87. The molecule has 1 aliphatic rings. The largest absolute Gasteiger partial charge is 0.348 e. The maximum absolute atomic E-state index is 12.2.